The average Bonchev–Trinajstić information content (AvgIpc) is 3.27. The molecule has 3 aromatic carbocycles. The predicted octanol–water partition coefficient (Wildman–Crippen LogP) is 4.40. The molecule has 2 atom stereocenters. The van der Waals surface area contributed by atoms with Gasteiger partial charge in [0, 0.05) is 23.3 Å². The van der Waals surface area contributed by atoms with Crippen LogP contribution in [0.15, 0.2) is 84.4 Å². The number of esters is 1. The fraction of sp³-hybridized carbons (Fsp3) is 0.219. The van der Waals surface area contributed by atoms with E-state index in [4.69, 9.17) is 9.47 Å². The average molecular weight is 598 g/mol. The van der Waals surface area contributed by atoms with Crippen LogP contribution in [0.2, 0.25) is 0 Å². The molecular formula is C32H27N3O9. The number of hydrogen-bond acceptors (Lipinski definition) is 9. The number of carbonyl (C=O) groups is 5. The van der Waals surface area contributed by atoms with Crippen LogP contribution >= 0.6 is 0 Å². The maximum atomic E-state index is 13.7. The summed E-state index contributed by atoms with van der Waals surface area (Å²) in [5.41, 5.74) is 1.04. The number of Topliss-reactive ketones (excluding diaryl/α,β-unsaturated/α-hetero) is 1. The lowest BCUT2D eigenvalue weighted by Gasteiger charge is -2.30. The minimum absolute atomic E-state index is 0.0482. The van der Waals surface area contributed by atoms with Crippen molar-refractivity contribution in [1.29, 1.82) is 0 Å². The van der Waals surface area contributed by atoms with E-state index >= 15 is 0 Å². The molecule has 3 aromatic rings. The van der Waals surface area contributed by atoms with Gasteiger partial charge in [-0.15, -0.1) is 0 Å². The summed E-state index contributed by atoms with van der Waals surface area (Å²) < 4.78 is 10.5. The molecule has 12 heteroatoms. The highest BCUT2D eigenvalue weighted by Gasteiger charge is 2.51. The van der Waals surface area contributed by atoms with E-state index in [1.165, 1.54) is 49.6 Å². The van der Waals surface area contributed by atoms with Gasteiger partial charge in [0.15, 0.2) is 5.78 Å². The van der Waals surface area contributed by atoms with Gasteiger partial charge < -0.3 is 9.47 Å². The normalized spacial score (nSPS) is 17.4. The fourth-order valence-electron chi connectivity index (χ4n) is 5.22. The van der Waals surface area contributed by atoms with Crippen LogP contribution in [0.25, 0.3) is 0 Å². The summed E-state index contributed by atoms with van der Waals surface area (Å²) in [6.45, 7) is 1.19. The second kappa shape index (κ2) is 12.3. The maximum Gasteiger partial charge on any atom is 0.343 e. The number of hydrazine groups is 1. The van der Waals surface area contributed by atoms with Crippen molar-refractivity contribution in [3.05, 3.63) is 111 Å². The largest absolute Gasteiger partial charge is 0.497 e. The van der Waals surface area contributed by atoms with E-state index in [1.54, 1.807) is 18.2 Å². The molecule has 1 saturated heterocycles. The molecule has 0 bridgehead atoms. The van der Waals surface area contributed by atoms with Gasteiger partial charge in [0.2, 0.25) is 0 Å². The minimum atomic E-state index is -0.845. The third-order valence-electron chi connectivity index (χ3n) is 7.59. The van der Waals surface area contributed by atoms with Crippen LogP contribution in [0.3, 0.4) is 0 Å². The Kier molecular flexibility index (Phi) is 8.34. The van der Waals surface area contributed by atoms with Gasteiger partial charge >= 0.3 is 5.97 Å². The van der Waals surface area contributed by atoms with Crippen LogP contribution in [-0.2, 0) is 9.59 Å². The molecule has 1 aliphatic carbocycles. The number of hydrogen-bond donors (Lipinski definition) is 0. The number of fused-ring (bicyclic) bond motifs is 1. The molecule has 0 aromatic heterocycles. The van der Waals surface area contributed by atoms with Gasteiger partial charge in [0.1, 0.15) is 18.0 Å². The van der Waals surface area contributed by atoms with E-state index in [9.17, 15) is 34.1 Å². The minimum Gasteiger partial charge on any atom is -0.497 e. The number of nitrogens with zero attached hydrogens (tertiary/aromatic N) is 3. The Bertz CT molecular complexity index is 1700. The van der Waals surface area contributed by atoms with Crippen molar-refractivity contribution >= 4 is 35.2 Å². The second-order valence-corrected chi connectivity index (χ2v) is 10.4. The summed E-state index contributed by atoms with van der Waals surface area (Å²) >= 11 is 0. The smallest absolute Gasteiger partial charge is 0.343 e. The first kappa shape index (κ1) is 29.8. The van der Waals surface area contributed by atoms with Gasteiger partial charge in [-0.1, -0.05) is 17.7 Å². The lowest BCUT2D eigenvalue weighted by Crippen LogP contribution is -2.52. The lowest BCUT2D eigenvalue weighted by molar-refractivity contribution is -0.384. The van der Waals surface area contributed by atoms with Crippen molar-refractivity contribution in [2.75, 3.05) is 13.7 Å². The number of ether oxygens (including phenoxy) is 2. The molecule has 1 fully saturated rings. The van der Waals surface area contributed by atoms with Crippen LogP contribution in [0, 0.1) is 22.0 Å². The Morgan fingerprint density at radius 2 is 1.57 bits per heavy atom. The Hall–Kier alpha value is -5.65. The van der Waals surface area contributed by atoms with Gasteiger partial charge in [-0.05, 0) is 74.4 Å². The molecule has 0 unspecified atom stereocenters. The van der Waals surface area contributed by atoms with Crippen molar-refractivity contribution in [3.8, 4) is 11.5 Å². The number of rotatable bonds is 9. The molecule has 1 aliphatic heterocycles. The van der Waals surface area contributed by atoms with Crippen LogP contribution in [-0.4, -0.2) is 58.1 Å². The number of ketones is 1. The first-order valence-electron chi connectivity index (χ1n) is 13.7. The SMILES string of the molecule is COc1cccc(C(=O)Oc2ccc(C(=O)CN(C(=O)c3ccc([N+](=O)[O-])cc3)N3C(=O)[C@H]4CC(C)=CC[C@H]4C3=O)cc2)c1. The number of non-ortho nitro benzene ring substituents is 1. The van der Waals surface area contributed by atoms with Gasteiger partial charge in [0.05, 0.1) is 29.4 Å². The number of allylic oxidation sites excluding steroid dienone is 2. The van der Waals surface area contributed by atoms with E-state index < -0.39 is 52.8 Å². The van der Waals surface area contributed by atoms with E-state index in [2.05, 4.69) is 0 Å². The standard InChI is InChI=1S/C32H27N3O9/c1-19-6-15-26-27(16-19)31(39)34(30(26)38)33(29(37)21-7-11-23(12-8-21)35(41)42)18-28(36)20-9-13-24(14-10-20)44-32(40)22-4-3-5-25(17-22)43-2/h3-14,17,26-27H,15-16,18H2,1-2H3/t26-,27+/m1/s1. The molecule has 5 rings (SSSR count). The van der Waals surface area contributed by atoms with Crippen molar-refractivity contribution in [2.45, 2.75) is 19.8 Å². The monoisotopic (exact) mass is 597 g/mol. The number of amides is 3. The summed E-state index contributed by atoms with van der Waals surface area (Å²) in [5.74, 6) is -3.95. The Labute approximate surface area is 251 Å². The lowest BCUT2D eigenvalue weighted by atomic mass is 9.82. The van der Waals surface area contributed by atoms with Gasteiger partial charge in [-0.25, -0.2) is 9.80 Å². The summed E-state index contributed by atoms with van der Waals surface area (Å²) in [6.07, 6.45) is 2.57. The van der Waals surface area contributed by atoms with Crippen molar-refractivity contribution < 1.29 is 38.4 Å². The number of nitro benzene ring substituents is 1. The summed E-state index contributed by atoms with van der Waals surface area (Å²) in [6, 6.07) is 16.7. The Balaban J connectivity index is 1.38. The molecule has 0 spiro atoms. The first-order valence-corrected chi connectivity index (χ1v) is 13.7. The van der Waals surface area contributed by atoms with Crippen molar-refractivity contribution in [2.24, 2.45) is 11.8 Å². The van der Waals surface area contributed by atoms with Crippen LogP contribution in [0.1, 0.15) is 50.8 Å². The summed E-state index contributed by atoms with van der Waals surface area (Å²) in [7, 11) is 1.47. The number of carbonyl (C=O) groups excluding carboxylic acids is 5. The molecule has 0 saturated carbocycles. The molecule has 44 heavy (non-hydrogen) atoms. The highest BCUT2D eigenvalue weighted by atomic mass is 16.6. The maximum absolute atomic E-state index is 13.7. The number of nitro groups is 1. The number of methoxy groups -OCH3 is 1. The van der Waals surface area contributed by atoms with Crippen LogP contribution in [0.5, 0.6) is 11.5 Å². The number of imide groups is 1. The highest BCUT2D eigenvalue weighted by molar-refractivity contribution is 6.10. The van der Waals surface area contributed by atoms with Crippen molar-refractivity contribution in [1.82, 2.24) is 10.0 Å². The molecule has 3 amide bonds. The van der Waals surface area contributed by atoms with Gasteiger partial charge in [0.25, 0.3) is 23.4 Å². The van der Waals surface area contributed by atoms with E-state index in [1.807, 2.05) is 13.0 Å². The quantitative estimate of drug-likeness (QED) is 0.0664. The third kappa shape index (κ3) is 5.95. The first-order chi connectivity index (χ1) is 21.1. The molecule has 1 heterocycles. The molecular weight excluding hydrogens is 570 g/mol. The molecule has 0 N–H and O–H groups in total. The predicted molar refractivity (Wildman–Crippen MR) is 155 cm³/mol. The zero-order valence-corrected chi connectivity index (χ0v) is 23.8. The highest BCUT2D eigenvalue weighted by Crippen LogP contribution is 2.38. The molecule has 2 aliphatic rings. The zero-order chi connectivity index (χ0) is 31.5. The van der Waals surface area contributed by atoms with Gasteiger partial charge in [-0.2, -0.15) is 5.01 Å². The van der Waals surface area contributed by atoms with Crippen molar-refractivity contribution in [3.63, 3.8) is 0 Å². The van der Waals surface area contributed by atoms with Gasteiger partial charge in [-0.3, -0.25) is 29.3 Å². The van der Waals surface area contributed by atoms with E-state index in [0.29, 0.717) is 18.6 Å². The zero-order valence-electron chi connectivity index (χ0n) is 23.8. The molecule has 0 radical (unpaired) electrons. The molecule has 12 nitrogen and oxygen atoms in total. The molecule has 224 valence electrons. The van der Waals surface area contributed by atoms with E-state index in [0.717, 1.165) is 27.7 Å². The Morgan fingerprint density at radius 1 is 0.909 bits per heavy atom. The topological polar surface area (TPSA) is 153 Å². The summed E-state index contributed by atoms with van der Waals surface area (Å²) in [4.78, 5) is 77.0. The second-order valence-electron chi connectivity index (χ2n) is 10.4. The van der Waals surface area contributed by atoms with E-state index in [-0.39, 0.29) is 28.1 Å². The summed E-state index contributed by atoms with van der Waals surface area (Å²) in [5, 5.41) is 12.6. The van der Waals surface area contributed by atoms with Crippen LogP contribution < -0.4 is 9.47 Å². The third-order valence-corrected chi connectivity index (χ3v) is 7.59. The Morgan fingerprint density at radius 3 is 2.23 bits per heavy atom. The van der Waals surface area contributed by atoms with Crippen LogP contribution in [0.4, 0.5) is 5.69 Å². The number of benzene rings is 3. The fourth-order valence-corrected chi connectivity index (χ4v) is 5.22.